The molecule has 0 aliphatic carbocycles. The van der Waals surface area contributed by atoms with Crippen molar-refractivity contribution in [3.8, 4) is 0 Å². The van der Waals surface area contributed by atoms with Crippen LogP contribution in [-0.4, -0.2) is 15.9 Å². The highest BCUT2D eigenvalue weighted by atomic mass is 16.1. The zero-order valence-electron chi connectivity index (χ0n) is 11.8. The SMILES string of the molecule is CCc1ccc(/C=C/C(=O)NC(C)c2ncc[nH]2)cc1. The summed E-state index contributed by atoms with van der Waals surface area (Å²) in [5, 5.41) is 2.86. The molecule has 1 unspecified atom stereocenters. The number of imidazole rings is 1. The fraction of sp³-hybridized carbons (Fsp3) is 0.250. The van der Waals surface area contributed by atoms with Gasteiger partial charge < -0.3 is 10.3 Å². The van der Waals surface area contributed by atoms with Crippen molar-refractivity contribution in [1.29, 1.82) is 0 Å². The molecule has 2 rings (SSSR count). The monoisotopic (exact) mass is 269 g/mol. The first-order valence-corrected chi connectivity index (χ1v) is 6.76. The van der Waals surface area contributed by atoms with E-state index in [1.54, 1.807) is 18.5 Å². The standard InChI is InChI=1S/C16H19N3O/c1-3-13-4-6-14(7-5-13)8-9-15(20)19-12(2)16-17-10-11-18-16/h4-12H,3H2,1-2H3,(H,17,18)(H,19,20)/b9-8+. The molecule has 0 radical (unpaired) electrons. The van der Waals surface area contributed by atoms with Crippen LogP contribution in [0.15, 0.2) is 42.7 Å². The van der Waals surface area contributed by atoms with Crippen molar-refractivity contribution in [2.75, 3.05) is 0 Å². The highest BCUT2D eigenvalue weighted by molar-refractivity contribution is 5.91. The quantitative estimate of drug-likeness (QED) is 0.820. The van der Waals surface area contributed by atoms with Crippen LogP contribution in [-0.2, 0) is 11.2 Å². The summed E-state index contributed by atoms with van der Waals surface area (Å²) in [6.07, 6.45) is 7.78. The highest BCUT2D eigenvalue weighted by Crippen LogP contribution is 2.08. The molecule has 0 saturated carbocycles. The summed E-state index contributed by atoms with van der Waals surface area (Å²) in [6, 6.07) is 8.04. The van der Waals surface area contributed by atoms with Gasteiger partial charge in [-0.2, -0.15) is 0 Å². The number of aromatic nitrogens is 2. The summed E-state index contributed by atoms with van der Waals surface area (Å²) in [5.74, 6) is 0.618. The Morgan fingerprint density at radius 3 is 2.75 bits per heavy atom. The summed E-state index contributed by atoms with van der Waals surface area (Å²) in [5.41, 5.74) is 2.31. The Hall–Kier alpha value is -2.36. The van der Waals surface area contributed by atoms with Crippen molar-refractivity contribution in [3.05, 3.63) is 59.7 Å². The summed E-state index contributed by atoms with van der Waals surface area (Å²) >= 11 is 0. The van der Waals surface area contributed by atoms with Crippen LogP contribution in [0.3, 0.4) is 0 Å². The number of carbonyl (C=O) groups is 1. The molecule has 4 heteroatoms. The van der Waals surface area contributed by atoms with Gasteiger partial charge in [-0.15, -0.1) is 0 Å². The molecule has 1 amide bonds. The number of amides is 1. The zero-order chi connectivity index (χ0) is 14.4. The third kappa shape index (κ3) is 3.82. The molecular formula is C16H19N3O. The number of rotatable bonds is 5. The topological polar surface area (TPSA) is 57.8 Å². The first kappa shape index (κ1) is 14.1. The Morgan fingerprint density at radius 2 is 2.15 bits per heavy atom. The average Bonchev–Trinajstić information content (AvgIpc) is 3.00. The first-order chi connectivity index (χ1) is 9.69. The van der Waals surface area contributed by atoms with Crippen molar-refractivity contribution >= 4 is 12.0 Å². The van der Waals surface area contributed by atoms with Gasteiger partial charge in [0.25, 0.3) is 0 Å². The molecule has 0 saturated heterocycles. The fourth-order valence-electron chi connectivity index (χ4n) is 1.88. The van der Waals surface area contributed by atoms with Crippen LogP contribution in [0.25, 0.3) is 6.08 Å². The van der Waals surface area contributed by atoms with E-state index in [1.165, 1.54) is 5.56 Å². The van der Waals surface area contributed by atoms with Crippen LogP contribution >= 0.6 is 0 Å². The maximum atomic E-state index is 11.8. The first-order valence-electron chi connectivity index (χ1n) is 6.76. The largest absolute Gasteiger partial charge is 0.347 e. The van der Waals surface area contributed by atoms with Gasteiger partial charge in [-0.25, -0.2) is 4.98 Å². The van der Waals surface area contributed by atoms with E-state index < -0.39 is 0 Å². The minimum atomic E-state index is -0.135. The number of benzene rings is 1. The zero-order valence-corrected chi connectivity index (χ0v) is 11.8. The molecule has 1 heterocycles. The van der Waals surface area contributed by atoms with E-state index in [9.17, 15) is 4.79 Å². The second kappa shape index (κ2) is 6.70. The number of hydrogen-bond acceptors (Lipinski definition) is 2. The molecular weight excluding hydrogens is 250 g/mol. The van der Waals surface area contributed by atoms with E-state index in [1.807, 2.05) is 25.1 Å². The molecule has 104 valence electrons. The van der Waals surface area contributed by atoms with Crippen molar-refractivity contribution in [2.24, 2.45) is 0 Å². The molecule has 1 aromatic carbocycles. The van der Waals surface area contributed by atoms with Crippen molar-refractivity contribution in [1.82, 2.24) is 15.3 Å². The van der Waals surface area contributed by atoms with Crippen LogP contribution in [0.4, 0.5) is 0 Å². The predicted molar refractivity (Wildman–Crippen MR) is 80.0 cm³/mol. The van der Waals surface area contributed by atoms with Gasteiger partial charge in [0.2, 0.25) is 5.91 Å². The molecule has 2 N–H and O–H groups in total. The molecule has 20 heavy (non-hydrogen) atoms. The van der Waals surface area contributed by atoms with E-state index in [4.69, 9.17) is 0 Å². The molecule has 0 fully saturated rings. The lowest BCUT2D eigenvalue weighted by Gasteiger charge is -2.09. The third-order valence-electron chi connectivity index (χ3n) is 3.10. The van der Waals surface area contributed by atoms with E-state index in [2.05, 4.69) is 34.3 Å². The number of hydrogen-bond donors (Lipinski definition) is 2. The van der Waals surface area contributed by atoms with Crippen LogP contribution < -0.4 is 5.32 Å². The Labute approximate surface area is 118 Å². The number of nitrogens with zero attached hydrogens (tertiary/aromatic N) is 1. The summed E-state index contributed by atoms with van der Waals surface area (Å²) in [4.78, 5) is 18.9. The van der Waals surface area contributed by atoms with Crippen molar-refractivity contribution in [2.45, 2.75) is 26.3 Å². The molecule has 0 aliphatic heterocycles. The van der Waals surface area contributed by atoms with Gasteiger partial charge in [-0.3, -0.25) is 4.79 Å². The lowest BCUT2D eigenvalue weighted by molar-refractivity contribution is -0.117. The third-order valence-corrected chi connectivity index (χ3v) is 3.10. The van der Waals surface area contributed by atoms with Crippen molar-refractivity contribution < 1.29 is 4.79 Å². The Bertz CT molecular complexity index is 570. The Balaban J connectivity index is 1.91. The predicted octanol–water partition coefficient (Wildman–Crippen LogP) is 2.86. The molecule has 2 aromatic rings. The van der Waals surface area contributed by atoms with Gasteiger partial charge in [0.15, 0.2) is 0 Å². The number of H-pyrrole nitrogens is 1. The van der Waals surface area contributed by atoms with Gasteiger partial charge in [0, 0.05) is 18.5 Å². The minimum absolute atomic E-state index is 0.131. The van der Waals surface area contributed by atoms with Crippen LogP contribution in [0.1, 0.15) is 36.8 Å². The van der Waals surface area contributed by atoms with Crippen LogP contribution in [0, 0.1) is 0 Å². The fourth-order valence-corrected chi connectivity index (χ4v) is 1.88. The van der Waals surface area contributed by atoms with Crippen LogP contribution in [0.2, 0.25) is 0 Å². The van der Waals surface area contributed by atoms with Gasteiger partial charge in [0.1, 0.15) is 5.82 Å². The van der Waals surface area contributed by atoms with E-state index in [0.717, 1.165) is 17.8 Å². The van der Waals surface area contributed by atoms with Gasteiger partial charge in [-0.1, -0.05) is 31.2 Å². The maximum Gasteiger partial charge on any atom is 0.244 e. The minimum Gasteiger partial charge on any atom is -0.347 e. The summed E-state index contributed by atoms with van der Waals surface area (Å²) in [6.45, 7) is 4.01. The number of aromatic amines is 1. The summed E-state index contributed by atoms with van der Waals surface area (Å²) < 4.78 is 0. The highest BCUT2D eigenvalue weighted by Gasteiger charge is 2.08. The summed E-state index contributed by atoms with van der Waals surface area (Å²) in [7, 11) is 0. The molecule has 1 aromatic heterocycles. The lowest BCUT2D eigenvalue weighted by Crippen LogP contribution is -2.25. The van der Waals surface area contributed by atoms with Gasteiger partial charge in [-0.05, 0) is 30.5 Å². The lowest BCUT2D eigenvalue weighted by atomic mass is 10.1. The molecule has 1 atom stereocenters. The van der Waals surface area contributed by atoms with Crippen molar-refractivity contribution in [3.63, 3.8) is 0 Å². The second-order valence-corrected chi connectivity index (χ2v) is 4.63. The number of nitrogens with one attached hydrogen (secondary N) is 2. The normalized spacial score (nSPS) is 12.5. The van der Waals surface area contributed by atoms with E-state index in [0.29, 0.717) is 0 Å². The second-order valence-electron chi connectivity index (χ2n) is 4.63. The number of aryl methyl sites for hydroxylation is 1. The molecule has 4 nitrogen and oxygen atoms in total. The average molecular weight is 269 g/mol. The Kier molecular flexibility index (Phi) is 4.71. The molecule has 0 bridgehead atoms. The van der Waals surface area contributed by atoms with Gasteiger partial charge >= 0.3 is 0 Å². The van der Waals surface area contributed by atoms with E-state index >= 15 is 0 Å². The number of carbonyl (C=O) groups excluding carboxylic acids is 1. The maximum absolute atomic E-state index is 11.8. The molecule has 0 spiro atoms. The smallest absolute Gasteiger partial charge is 0.244 e. The van der Waals surface area contributed by atoms with Gasteiger partial charge in [0.05, 0.1) is 6.04 Å². The van der Waals surface area contributed by atoms with E-state index in [-0.39, 0.29) is 11.9 Å². The Morgan fingerprint density at radius 1 is 1.40 bits per heavy atom. The van der Waals surface area contributed by atoms with Crippen LogP contribution in [0.5, 0.6) is 0 Å². The molecule has 0 aliphatic rings.